The van der Waals surface area contributed by atoms with Gasteiger partial charge in [0.1, 0.15) is 6.17 Å². The summed E-state index contributed by atoms with van der Waals surface area (Å²) in [7, 11) is 0. The molecule has 4 aliphatic rings. The van der Waals surface area contributed by atoms with Crippen molar-refractivity contribution in [3.63, 3.8) is 0 Å². The highest BCUT2D eigenvalue weighted by atomic mass is 15.1. The van der Waals surface area contributed by atoms with E-state index in [4.69, 9.17) is 9.98 Å². The summed E-state index contributed by atoms with van der Waals surface area (Å²) in [6.07, 6.45) is 25.4. The largest absolute Gasteiger partial charge is 0.360 e. The van der Waals surface area contributed by atoms with Gasteiger partial charge in [-0.25, -0.2) is 0 Å². The highest BCUT2D eigenvalue weighted by Gasteiger charge is 2.29. The molecule has 0 saturated heterocycles. The van der Waals surface area contributed by atoms with E-state index < -0.39 is 0 Å². The summed E-state index contributed by atoms with van der Waals surface area (Å²) in [5.74, 6) is 0.604. The summed E-state index contributed by atoms with van der Waals surface area (Å²) < 4.78 is 0. The molecule has 2 heterocycles. The van der Waals surface area contributed by atoms with Crippen molar-refractivity contribution in [1.29, 1.82) is 0 Å². The minimum absolute atomic E-state index is 0.121. The molecule has 0 aromatic heterocycles. The molecule has 42 heavy (non-hydrogen) atoms. The smallest absolute Gasteiger partial charge is 0.145 e. The molecule has 3 aromatic carbocycles. The van der Waals surface area contributed by atoms with Crippen LogP contribution in [-0.4, -0.2) is 18.0 Å². The first-order valence-electron chi connectivity index (χ1n) is 15.0. The molecule has 0 spiro atoms. The molecular weight excluding hydrogens is 510 g/mol. The monoisotopic (exact) mass is 545 g/mol. The number of aliphatic imine (C=N–C) groups is 2. The maximum Gasteiger partial charge on any atom is 0.145 e. The molecule has 4 unspecified atom stereocenters. The maximum absolute atomic E-state index is 5.15. The molecule has 3 nitrogen and oxygen atoms in total. The van der Waals surface area contributed by atoms with Crippen molar-refractivity contribution in [3.8, 4) is 0 Å². The molecule has 206 valence electrons. The van der Waals surface area contributed by atoms with Crippen LogP contribution in [0.2, 0.25) is 0 Å². The lowest BCUT2D eigenvalue weighted by Crippen LogP contribution is -2.27. The molecule has 2 aliphatic heterocycles. The van der Waals surface area contributed by atoms with Gasteiger partial charge in [0, 0.05) is 23.7 Å². The Bertz CT molecular complexity index is 1660. The van der Waals surface area contributed by atoms with Crippen molar-refractivity contribution in [3.05, 3.63) is 173 Å². The average molecular weight is 546 g/mol. The highest BCUT2D eigenvalue weighted by Crippen LogP contribution is 2.36. The van der Waals surface area contributed by atoms with E-state index in [0.717, 1.165) is 41.8 Å². The molecule has 0 radical (unpaired) electrons. The highest BCUT2D eigenvalue weighted by molar-refractivity contribution is 6.10. The zero-order chi connectivity index (χ0) is 28.1. The van der Waals surface area contributed by atoms with E-state index in [1.54, 1.807) is 0 Å². The summed E-state index contributed by atoms with van der Waals surface area (Å²) in [5, 5.41) is 3.68. The van der Waals surface area contributed by atoms with Gasteiger partial charge in [0.15, 0.2) is 0 Å². The standard InChI is InChI=1S/C39H35N3/c1-4-11-28(12-5-1)29-18-24-33(25-19-29)38-35(17-10-26-40-38)30-20-22-32(23-21-30)37-27-36(31-13-6-2-7-14-31)41-39(42-37)34-15-8-3-9-16-34/h1,3-6,8-24,26-27,33,35,38-39,41H,2,7,25H2. The van der Waals surface area contributed by atoms with E-state index in [1.165, 1.54) is 22.3 Å². The Labute approximate surface area is 248 Å². The number of hydrogen-bond donors (Lipinski definition) is 1. The second-order valence-corrected chi connectivity index (χ2v) is 11.3. The van der Waals surface area contributed by atoms with Gasteiger partial charge in [0.05, 0.1) is 11.8 Å². The predicted octanol–water partition coefficient (Wildman–Crippen LogP) is 8.69. The van der Waals surface area contributed by atoms with Gasteiger partial charge in [0.25, 0.3) is 0 Å². The summed E-state index contributed by atoms with van der Waals surface area (Å²) in [5.41, 5.74) is 9.53. The molecule has 2 aliphatic carbocycles. The fourth-order valence-corrected chi connectivity index (χ4v) is 6.29. The third-order valence-corrected chi connectivity index (χ3v) is 8.56. The van der Waals surface area contributed by atoms with Gasteiger partial charge in [-0.3, -0.25) is 9.98 Å². The van der Waals surface area contributed by atoms with Gasteiger partial charge < -0.3 is 5.32 Å². The number of allylic oxidation sites excluding steroid dienone is 8. The Hall–Kier alpha value is -4.76. The molecule has 1 N–H and O–H groups in total. The lowest BCUT2D eigenvalue weighted by atomic mass is 9.78. The minimum Gasteiger partial charge on any atom is -0.360 e. The van der Waals surface area contributed by atoms with Gasteiger partial charge in [-0.2, -0.15) is 0 Å². The van der Waals surface area contributed by atoms with E-state index in [2.05, 4.69) is 145 Å². The SMILES string of the molecule is C1=CC(c2ccc(C3=NC(c4ccccc4)NC(C4=CCCC=C4)=C3)cc2)C(C2C=CC(c3ccccc3)=CC2)N=C1. The maximum atomic E-state index is 5.15. The Balaban J connectivity index is 1.13. The molecular formula is C39H35N3. The number of rotatable bonds is 6. The lowest BCUT2D eigenvalue weighted by Gasteiger charge is -2.31. The third-order valence-electron chi connectivity index (χ3n) is 8.56. The van der Waals surface area contributed by atoms with Gasteiger partial charge in [-0.1, -0.05) is 127 Å². The van der Waals surface area contributed by atoms with Crippen molar-refractivity contribution >= 4 is 17.5 Å². The lowest BCUT2D eigenvalue weighted by molar-refractivity contribution is 0.468. The van der Waals surface area contributed by atoms with Crippen LogP contribution in [0.1, 0.15) is 53.6 Å². The van der Waals surface area contributed by atoms with Crippen molar-refractivity contribution in [2.75, 3.05) is 0 Å². The van der Waals surface area contributed by atoms with Gasteiger partial charge in [0.2, 0.25) is 0 Å². The predicted molar refractivity (Wildman–Crippen MR) is 176 cm³/mol. The average Bonchev–Trinajstić information content (AvgIpc) is 3.09. The van der Waals surface area contributed by atoms with Crippen LogP contribution in [0.25, 0.3) is 5.57 Å². The van der Waals surface area contributed by atoms with Crippen LogP contribution in [0.3, 0.4) is 0 Å². The normalized spacial score (nSPS) is 24.8. The van der Waals surface area contributed by atoms with Crippen molar-refractivity contribution in [2.45, 2.75) is 37.4 Å². The summed E-state index contributed by atoms with van der Waals surface area (Å²) in [6.45, 7) is 0. The molecule has 7 rings (SSSR count). The van der Waals surface area contributed by atoms with E-state index >= 15 is 0 Å². The second kappa shape index (κ2) is 12.0. The van der Waals surface area contributed by atoms with Gasteiger partial charge >= 0.3 is 0 Å². The third kappa shape index (κ3) is 5.56. The Kier molecular flexibility index (Phi) is 7.47. The van der Waals surface area contributed by atoms with E-state index in [9.17, 15) is 0 Å². The molecule has 3 aromatic rings. The van der Waals surface area contributed by atoms with Crippen molar-refractivity contribution < 1.29 is 0 Å². The van der Waals surface area contributed by atoms with Gasteiger partial charge in [-0.15, -0.1) is 0 Å². The van der Waals surface area contributed by atoms with Crippen LogP contribution < -0.4 is 5.32 Å². The van der Waals surface area contributed by atoms with E-state index in [-0.39, 0.29) is 18.1 Å². The van der Waals surface area contributed by atoms with Crippen LogP contribution in [-0.2, 0) is 0 Å². The van der Waals surface area contributed by atoms with Gasteiger partial charge in [-0.05, 0) is 64.8 Å². The number of nitrogens with zero attached hydrogens (tertiary/aromatic N) is 2. The van der Waals surface area contributed by atoms with Crippen molar-refractivity contribution in [2.24, 2.45) is 15.9 Å². The number of nitrogens with one attached hydrogen (secondary N) is 1. The van der Waals surface area contributed by atoms with Crippen LogP contribution >= 0.6 is 0 Å². The van der Waals surface area contributed by atoms with E-state index in [1.807, 2.05) is 6.21 Å². The zero-order valence-electron chi connectivity index (χ0n) is 23.7. The van der Waals surface area contributed by atoms with Crippen LogP contribution in [0.4, 0.5) is 0 Å². The fourth-order valence-electron chi connectivity index (χ4n) is 6.29. The molecule has 0 amide bonds. The fraction of sp³-hybridized carbons (Fsp3) is 0.179. The van der Waals surface area contributed by atoms with Crippen molar-refractivity contribution in [1.82, 2.24) is 5.32 Å². The van der Waals surface area contributed by atoms with Crippen LogP contribution in [0, 0.1) is 5.92 Å². The zero-order valence-corrected chi connectivity index (χ0v) is 23.7. The molecule has 0 bridgehead atoms. The first kappa shape index (κ1) is 26.2. The summed E-state index contributed by atoms with van der Waals surface area (Å²) in [4.78, 5) is 10.1. The number of hydrogen-bond acceptors (Lipinski definition) is 3. The number of benzene rings is 3. The van der Waals surface area contributed by atoms with E-state index in [0.29, 0.717) is 5.92 Å². The molecule has 3 heteroatoms. The number of dihydropyridines is 1. The minimum atomic E-state index is -0.121. The Morgan fingerprint density at radius 1 is 0.690 bits per heavy atom. The first-order valence-corrected chi connectivity index (χ1v) is 15.0. The summed E-state index contributed by atoms with van der Waals surface area (Å²) >= 11 is 0. The molecule has 4 atom stereocenters. The Morgan fingerprint density at radius 3 is 2.24 bits per heavy atom. The summed E-state index contributed by atoms with van der Waals surface area (Å²) in [6, 6.07) is 30.3. The molecule has 0 fully saturated rings. The second-order valence-electron chi connectivity index (χ2n) is 11.3. The Morgan fingerprint density at radius 2 is 1.50 bits per heavy atom. The first-order chi connectivity index (χ1) is 20.8. The molecule has 0 saturated carbocycles. The van der Waals surface area contributed by atoms with Crippen LogP contribution in [0.5, 0.6) is 0 Å². The van der Waals surface area contributed by atoms with Crippen LogP contribution in [0.15, 0.2) is 161 Å². The quantitative estimate of drug-likeness (QED) is 0.330. The topological polar surface area (TPSA) is 36.8 Å².